The van der Waals surface area contributed by atoms with E-state index in [4.69, 9.17) is 0 Å². The number of benzene rings is 2. The standard InChI is InChI=1S/C21H26F2N4O.HI/c1-2-24-21(25-11-10-16-6-5-7-17(22)20(16)23)27-14-12-26(13-15-27)18-8-3-4-9-19(18)28;/h3-9,28H,2,10-15H2,1H3,(H,24,25);1H. The first-order valence-electron chi connectivity index (χ1n) is 9.59. The van der Waals surface area contributed by atoms with E-state index in [-0.39, 0.29) is 29.7 Å². The third-order valence-electron chi connectivity index (χ3n) is 4.81. The molecular formula is C21H27F2IN4O. The van der Waals surface area contributed by atoms with Crippen LogP contribution in [-0.2, 0) is 6.42 Å². The van der Waals surface area contributed by atoms with Gasteiger partial charge in [-0.05, 0) is 37.1 Å². The maximum Gasteiger partial charge on any atom is 0.194 e. The van der Waals surface area contributed by atoms with Crippen molar-refractivity contribution in [2.45, 2.75) is 13.3 Å². The number of aromatic hydroxyl groups is 1. The van der Waals surface area contributed by atoms with Crippen LogP contribution < -0.4 is 10.2 Å². The Hall–Kier alpha value is -2.10. The predicted molar refractivity (Wildman–Crippen MR) is 123 cm³/mol. The predicted octanol–water partition coefficient (Wildman–Crippen LogP) is 3.62. The lowest BCUT2D eigenvalue weighted by molar-refractivity contribution is 0.370. The number of guanidine groups is 1. The van der Waals surface area contributed by atoms with E-state index in [1.165, 1.54) is 6.07 Å². The summed E-state index contributed by atoms with van der Waals surface area (Å²) in [5.74, 6) is -0.558. The van der Waals surface area contributed by atoms with Crippen molar-refractivity contribution in [3.05, 3.63) is 59.7 Å². The molecule has 0 aliphatic carbocycles. The van der Waals surface area contributed by atoms with Gasteiger partial charge in [0.15, 0.2) is 17.6 Å². The van der Waals surface area contributed by atoms with Crippen LogP contribution in [0.15, 0.2) is 47.5 Å². The Kier molecular flexibility index (Phi) is 8.94. The molecule has 3 rings (SSSR count). The lowest BCUT2D eigenvalue weighted by atomic mass is 10.1. The fourth-order valence-corrected chi connectivity index (χ4v) is 3.34. The maximum atomic E-state index is 13.8. The van der Waals surface area contributed by atoms with Gasteiger partial charge >= 0.3 is 0 Å². The Bertz CT molecular complexity index is 826. The Balaban J connectivity index is 0.00000300. The Labute approximate surface area is 187 Å². The van der Waals surface area contributed by atoms with Crippen molar-refractivity contribution < 1.29 is 13.9 Å². The summed E-state index contributed by atoms with van der Waals surface area (Å²) in [6.07, 6.45) is 0.344. The minimum Gasteiger partial charge on any atom is -0.506 e. The molecule has 0 bridgehead atoms. The molecule has 0 amide bonds. The van der Waals surface area contributed by atoms with E-state index in [0.29, 0.717) is 18.5 Å². The first kappa shape index (κ1) is 23.2. The van der Waals surface area contributed by atoms with E-state index in [2.05, 4.69) is 20.1 Å². The van der Waals surface area contributed by atoms with Gasteiger partial charge in [-0.2, -0.15) is 0 Å². The van der Waals surface area contributed by atoms with Gasteiger partial charge in [0.05, 0.1) is 5.69 Å². The van der Waals surface area contributed by atoms with E-state index >= 15 is 0 Å². The van der Waals surface area contributed by atoms with Crippen LogP contribution in [-0.4, -0.2) is 55.2 Å². The van der Waals surface area contributed by atoms with Gasteiger partial charge in [-0.1, -0.05) is 24.3 Å². The van der Waals surface area contributed by atoms with Crippen LogP contribution in [0.3, 0.4) is 0 Å². The molecule has 1 aliphatic rings. The fourth-order valence-electron chi connectivity index (χ4n) is 3.34. The largest absolute Gasteiger partial charge is 0.506 e. The molecule has 0 saturated carbocycles. The number of phenolic OH excluding ortho intramolecular Hbond substituents is 1. The quantitative estimate of drug-likeness (QED) is 0.362. The summed E-state index contributed by atoms with van der Waals surface area (Å²) < 4.78 is 27.1. The van der Waals surface area contributed by atoms with Crippen LogP contribution in [0.25, 0.3) is 0 Å². The lowest BCUT2D eigenvalue weighted by Gasteiger charge is -2.37. The average molecular weight is 516 g/mol. The van der Waals surface area contributed by atoms with Gasteiger partial charge < -0.3 is 20.2 Å². The molecule has 1 aliphatic heterocycles. The van der Waals surface area contributed by atoms with Gasteiger partial charge in [-0.3, -0.25) is 4.99 Å². The summed E-state index contributed by atoms with van der Waals surface area (Å²) in [5, 5.41) is 13.3. The van der Waals surface area contributed by atoms with Crippen LogP contribution in [0.5, 0.6) is 5.75 Å². The molecule has 29 heavy (non-hydrogen) atoms. The highest BCUT2D eigenvalue weighted by Gasteiger charge is 2.21. The van der Waals surface area contributed by atoms with Gasteiger partial charge in [0.1, 0.15) is 5.75 Å². The number of nitrogens with one attached hydrogen (secondary N) is 1. The number of nitrogens with zero attached hydrogens (tertiary/aromatic N) is 3. The molecule has 0 atom stereocenters. The average Bonchev–Trinajstić information content (AvgIpc) is 2.71. The van der Waals surface area contributed by atoms with Crippen molar-refractivity contribution in [2.75, 3.05) is 44.2 Å². The van der Waals surface area contributed by atoms with Crippen molar-refractivity contribution >= 4 is 35.6 Å². The van der Waals surface area contributed by atoms with Gasteiger partial charge in [0, 0.05) is 39.3 Å². The van der Waals surface area contributed by atoms with Crippen molar-refractivity contribution in [1.82, 2.24) is 10.2 Å². The monoisotopic (exact) mass is 516 g/mol. The second-order valence-electron chi connectivity index (χ2n) is 6.66. The number of hydrogen-bond donors (Lipinski definition) is 2. The number of rotatable bonds is 5. The van der Waals surface area contributed by atoms with E-state index < -0.39 is 11.6 Å². The SMILES string of the molecule is CCNC(=NCCc1cccc(F)c1F)N1CCN(c2ccccc2O)CC1.I. The highest BCUT2D eigenvalue weighted by atomic mass is 127. The Morgan fingerprint density at radius 3 is 2.48 bits per heavy atom. The van der Waals surface area contributed by atoms with Gasteiger partial charge in [-0.15, -0.1) is 24.0 Å². The number of piperazine rings is 1. The molecule has 0 unspecified atom stereocenters. The second kappa shape index (κ2) is 11.2. The molecule has 1 saturated heterocycles. The molecule has 0 radical (unpaired) electrons. The fraction of sp³-hybridized carbons (Fsp3) is 0.381. The van der Waals surface area contributed by atoms with Gasteiger partial charge in [0.25, 0.3) is 0 Å². The van der Waals surface area contributed by atoms with E-state index in [9.17, 15) is 13.9 Å². The summed E-state index contributed by atoms with van der Waals surface area (Å²) in [6, 6.07) is 11.6. The third kappa shape index (κ3) is 5.94. The molecule has 5 nitrogen and oxygen atoms in total. The highest BCUT2D eigenvalue weighted by molar-refractivity contribution is 14.0. The first-order valence-corrected chi connectivity index (χ1v) is 9.59. The topological polar surface area (TPSA) is 51.1 Å². The molecule has 2 aromatic rings. The summed E-state index contributed by atoms with van der Waals surface area (Å²) in [5.41, 5.74) is 1.18. The first-order chi connectivity index (χ1) is 13.6. The van der Waals surface area contributed by atoms with Crippen molar-refractivity contribution in [2.24, 2.45) is 4.99 Å². The normalized spacial score (nSPS) is 14.5. The number of halogens is 3. The highest BCUT2D eigenvalue weighted by Crippen LogP contribution is 2.27. The molecule has 158 valence electrons. The summed E-state index contributed by atoms with van der Waals surface area (Å²) in [6.45, 7) is 6.15. The number of hydrogen-bond acceptors (Lipinski definition) is 3. The summed E-state index contributed by atoms with van der Waals surface area (Å²) >= 11 is 0. The van der Waals surface area contributed by atoms with Crippen molar-refractivity contribution in [1.29, 1.82) is 0 Å². The molecule has 2 N–H and O–H groups in total. The minimum atomic E-state index is -0.825. The van der Waals surface area contributed by atoms with Crippen LogP contribution in [0.2, 0.25) is 0 Å². The lowest BCUT2D eigenvalue weighted by Crippen LogP contribution is -2.52. The molecule has 1 fully saturated rings. The molecule has 8 heteroatoms. The van der Waals surface area contributed by atoms with Crippen LogP contribution in [0.1, 0.15) is 12.5 Å². The number of para-hydroxylation sites is 2. The zero-order chi connectivity index (χ0) is 19.9. The molecule has 1 heterocycles. The number of aliphatic imine (C=N–C) groups is 1. The molecule has 2 aromatic carbocycles. The van der Waals surface area contributed by atoms with Crippen LogP contribution >= 0.6 is 24.0 Å². The molecular weight excluding hydrogens is 489 g/mol. The second-order valence-corrected chi connectivity index (χ2v) is 6.66. The third-order valence-corrected chi connectivity index (χ3v) is 4.81. The molecule has 0 aromatic heterocycles. The van der Waals surface area contributed by atoms with E-state index in [1.807, 2.05) is 25.1 Å². The zero-order valence-corrected chi connectivity index (χ0v) is 18.8. The number of phenols is 1. The zero-order valence-electron chi connectivity index (χ0n) is 16.4. The number of anilines is 1. The minimum absolute atomic E-state index is 0. The Morgan fingerprint density at radius 2 is 1.79 bits per heavy atom. The molecule has 0 spiro atoms. The van der Waals surface area contributed by atoms with Crippen molar-refractivity contribution in [3.8, 4) is 5.75 Å². The smallest absolute Gasteiger partial charge is 0.194 e. The van der Waals surface area contributed by atoms with Gasteiger partial charge in [0.2, 0.25) is 0 Å². The summed E-state index contributed by atoms with van der Waals surface area (Å²) in [7, 11) is 0. The summed E-state index contributed by atoms with van der Waals surface area (Å²) in [4.78, 5) is 8.90. The van der Waals surface area contributed by atoms with E-state index in [0.717, 1.165) is 50.4 Å². The maximum absolute atomic E-state index is 13.8. The van der Waals surface area contributed by atoms with Crippen LogP contribution in [0.4, 0.5) is 14.5 Å². The van der Waals surface area contributed by atoms with E-state index in [1.54, 1.807) is 12.1 Å². The van der Waals surface area contributed by atoms with Crippen molar-refractivity contribution in [3.63, 3.8) is 0 Å². The van der Waals surface area contributed by atoms with Gasteiger partial charge in [-0.25, -0.2) is 8.78 Å². The van der Waals surface area contributed by atoms with Crippen LogP contribution in [0, 0.1) is 11.6 Å². The Morgan fingerprint density at radius 1 is 1.07 bits per heavy atom.